The van der Waals surface area contributed by atoms with Crippen LogP contribution in [-0.2, 0) is 10.2 Å². The number of rotatable bonds is 6. The lowest BCUT2D eigenvalue weighted by Crippen LogP contribution is -2.22. The molecule has 1 aliphatic heterocycles. The van der Waals surface area contributed by atoms with Crippen molar-refractivity contribution in [2.75, 3.05) is 29.1 Å². The fraction of sp³-hybridized carbons (Fsp3) is 0.455. The molecule has 0 atom stereocenters. The summed E-state index contributed by atoms with van der Waals surface area (Å²) in [5.41, 5.74) is 2.84. The molecular formula is C22H28N6O2S. The Balaban J connectivity index is 1.49. The van der Waals surface area contributed by atoms with Crippen LogP contribution in [0, 0.1) is 6.92 Å². The van der Waals surface area contributed by atoms with Crippen LogP contribution in [0.2, 0.25) is 0 Å². The second kappa shape index (κ2) is 8.74. The fourth-order valence-electron chi connectivity index (χ4n) is 3.39. The van der Waals surface area contributed by atoms with Crippen LogP contribution >= 0.6 is 11.8 Å². The summed E-state index contributed by atoms with van der Waals surface area (Å²) in [5.74, 6) is 1.20. The van der Waals surface area contributed by atoms with Gasteiger partial charge in [0.05, 0.1) is 17.1 Å². The zero-order valence-corrected chi connectivity index (χ0v) is 19.2. The molecule has 3 aromatic rings. The maximum Gasteiger partial charge on any atom is 0.237 e. The van der Waals surface area contributed by atoms with E-state index in [1.54, 1.807) is 6.07 Å². The van der Waals surface area contributed by atoms with Gasteiger partial charge in [-0.2, -0.15) is 0 Å². The molecule has 0 bridgehead atoms. The Morgan fingerprint density at radius 3 is 2.52 bits per heavy atom. The molecule has 1 N–H and O–H groups in total. The molecule has 0 aliphatic carbocycles. The van der Waals surface area contributed by atoms with Gasteiger partial charge in [0, 0.05) is 24.6 Å². The first-order chi connectivity index (χ1) is 14.8. The Labute approximate surface area is 186 Å². The Hall–Kier alpha value is -2.81. The summed E-state index contributed by atoms with van der Waals surface area (Å²) in [6, 6.07) is 10.0. The van der Waals surface area contributed by atoms with Gasteiger partial charge in [0.2, 0.25) is 17.7 Å². The Bertz CT molecular complexity index is 1040. The topological polar surface area (TPSA) is 89.1 Å². The van der Waals surface area contributed by atoms with E-state index in [1.165, 1.54) is 17.3 Å². The van der Waals surface area contributed by atoms with Crippen molar-refractivity contribution < 1.29 is 9.32 Å². The van der Waals surface area contributed by atoms with Gasteiger partial charge in [-0.1, -0.05) is 55.4 Å². The maximum absolute atomic E-state index is 12.5. The van der Waals surface area contributed by atoms with Crippen LogP contribution in [0.4, 0.5) is 11.8 Å². The van der Waals surface area contributed by atoms with Gasteiger partial charge >= 0.3 is 0 Å². The molecule has 0 spiro atoms. The molecule has 9 heteroatoms. The zero-order chi connectivity index (χ0) is 22.0. The average molecular weight is 441 g/mol. The van der Waals surface area contributed by atoms with Gasteiger partial charge in [0.25, 0.3) is 0 Å². The second-order valence-electron chi connectivity index (χ2n) is 8.81. The number of carbonyl (C=O) groups is 1. The number of hydrogen-bond donors (Lipinski definition) is 1. The number of hydrogen-bond acceptors (Lipinski definition) is 7. The van der Waals surface area contributed by atoms with Crippen molar-refractivity contribution in [3.8, 4) is 5.69 Å². The molecular weight excluding hydrogens is 412 g/mol. The number of aryl methyl sites for hydroxylation is 1. The van der Waals surface area contributed by atoms with E-state index in [4.69, 9.17) is 4.52 Å². The molecule has 0 unspecified atom stereocenters. The van der Waals surface area contributed by atoms with Gasteiger partial charge in [-0.05, 0) is 31.9 Å². The molecule has 1 aromatic carbocycles. The van der Waals surface area contributed by atoms with E-state index < -0.39 is 0 Å². The summed E-state index contributed by atoms with van der Waals surface area (Å²) in [6.07, 6.45) is 2.30. The minimum absolute atomic E-state index is 0.141. The predicted octanol–water partition coefficient (Wildman–Crippen LogP) is 4.19. The first kappa shape index (κ1) is 21.4. The van der Waals surface area contributed by atoms with Crippen molar-refractivity contribution in [1.82, 2.24) is 19.9 Å². The summed E-state index contributed by atoms with van der Waals surface area (Å²) >= 11 is 1.35. The average Bonchev–Trinajstić information content (AvgIpc) is 3.46. The van der Waals surface area contributed by atoms with Crippen LogP contribution in [0.1, 0.15) is 44.9 Å². The highest BCUT2D eigenvalue weighted by molar-refractivity contribution is 7.99. The molecule has 8 nitrogen and oxygen atoms in total. The van der Waals surface area contributed by atoms with Crippen molar-refractivity contribution in [2.45, 2.75) is 51.1 Å². The maximum atomic E-state index is 12.5. The van der Waals surface area contributed by atoms with Gasteiger partial charge in [0.15, 0.2) is 5.16 Å². The minimum Gasteiger partial charge on any atom is -0.341 e. The number of thioether (sulfide) groups is 1. The predicted molar refractivity (Wildman–Crippen MR) is 122 cm³/mol. The molecule has 164 valence electrons. The standard InChI is InChI=1S/C22H28N6O2S/c1-15-7-9-16(10-8-15)28-20(27-11-5-6-12-27)24-25-21(28)31-14-18(29)23-19-13-17(26-30-19)22(2,3)4/h7-10,13H,5-6,11-12,14H2,1-4H3,(H,23,29). The molecule has 1 aliphatic rings. The van der Waals surface area contributed by atoms with Crippen LogP contribution in [-0.4, -0.2) is 44.7 Å². The van der Waals surface area contributed by atoms with Gasteiger partial charge in [-0.25, -0.2) is 0 Å². The van der Waals surface area contributed by atoms with Crippen LogP contribution in [0.15, 0.2) is 40.0 Å². The van der Waals surface area contributed by atoms with Crippen LogP contribution < -0.4 is 10.2 Å². The minimum atomic E-state index is -0.178. The molecule has 4 rings (SSSR count). The summed E-state index contributed by atoms with van der Waals surface area (Å²) in [5, 5.41) is 16.3. The highest BCUT2D eigenvalue weighted by Gasteiger charge is 2.23. The number of nitrogens with zero attached hydrogens (tertiary/aromatic N) is 5. The van der Waals surface area contributed by atoms with E-state index in [2.05, 4.69) is 56.8 Å². The van der Waals surface area contributed by atoms with E-state index in [-0.39, 0.29) is 17.1 Å². The number of amides is 1. The molecule has 2 aromatic heterocycles. The van der Waals surface area contributed by atoms with E-state index in [9.17, 15) is 4.79 Å². The van der Waals surface area contributed by atoms with Crippen molar-refractivity contribution in [1.29, 1.82) is 0 Å². The molecule has 1 fully saturated rings. The number of aromatic nitrogens is 4. The summed E-state index contributed by atoms with van der Waals surface area (Å²) in [7, 11) is 0. The first-order valence-corrected chi connectivity index (χ1v) is 11.5. The van der Waals surface area contributed by atoms with E-state index in [0.717, 1.165) is 43.3 Å². The quantitative estimate of drug-likeness (QED) is 0.575. The smallest absolute Gasteiger partial charge is 0.237 e. The van der Waals surface area contributed by atoms with Gasteiger partial charge in [0.1, 0.15) is 0 Å². The van der Waals surface area contributed by atoms with Gasteiger partial charge in [-0.15, -0.1) is 10.2 Å². The SMILES string of the molecule is Cc1ccc(-n2c(SCC(=O)Nc3cc(C(C)(C)C)no3)nnc2N2CCCC2)cc1. The highest BCUT2D eigenvalue weighted by Crippen LogP contribution is 2.29. The van der Waals surface area contributed by atoms with Crippen molar-refractivity contribution in [3.05, 3.63) is 41.6 Å². The monoisotopic (exact) mass is 440 g/mol. The molecule has 3 heterocycles. The normalized spacial score (nSPS) is 14.3. The molecule has 1 saturated heterocycles. The first-order valence-electron chi connectivity index (χ1n) is 10.5. The highest BCUT2D eigenvalue weighted by atomic mass is 32.2. The lowest BCUT2D eigenvalue weighted by atomic mass is 9.92. The Morgan fingerprint density at radius 2 is 1.87 bits per heavy atom. The molecule has 0 radical (unpaired) electrons. The second-order valence-corrected chi connectivity index (χ2v) is 9.75. The lowest BCUT2D eigenvalue weighted by molar-refractivity contribution is -0.113. The third kappa shape index (κ3) is 4.92. The Kier molecular flexibility index (Phi) is 6.04. The molecule has 0 saturated carbocycles. The fourth-order valence-corrected chi connectivity index (χ4v) is 4.14. The summed E-state index contributed by atoms with van der Waals surface area (Å²) in [4.78, 5) is 14.8. The van der Waals surface area contributed by atoms with E-state index >= 15 is 0 Å². The largest absolute Gasteiger partial charge is 0.341 e. The number of benzene rings is 1. The molecule has 1 amide bonds. The van der Waals surface area contributed by atoms with Crippen LogP contribution in [0.5, 0.6) is 0 Å². The van der Waals surface area contributed by atoms with Gasteiger partial charge < -0.3 is 9.42 Å². The number of anilines is 2. The van der Waals surface area contributed by atoms with E-state index in [1.807, 2.05) is 25.3 Å². The van der Waals surface area contributed by atoms with Crippen LogP contribution in [0.3, 0.4) is 0 Å². The third-order valence-electron chi connectivity index (χ3n) is 5.17. The van der Waals surface area contributed by atoms with Crippen molar-refractivity contribution >= 4 is 29.5 Å². The Morgan fingerprint density at radius 1 is 1.16 bits per heavy atom. The van der Waals surface area contributed by atoms with E-state index in [0.29, 0.717) is 11.0 Å². The lowest BCUT2D eigenvalue weighted by Gasteiger charge is -2.18. The number of carbonyl (C=O) groups excluding carboxylic acids is 1. The zero-order valence-electron chi connectivity index (χ0n) is 18.4. The summed E-state index contributed by atoms with van der Waals surface area (Å²) < 4.78 is 7.30. The van der Waals surface area contributed by atoms with Crippen molar-refractivity contribution in [2.24, 2.45) is 0 Å². The van der Waals surface area contributed by atoms with Gasteiger partial charge in [-0.3, -0.25) is 14.7 Å². The molecule has 31 heavy (non-hydrogen) atoms. The van der Waals surface area contributed by atoms with Crippen molar-refractivity contribution in [3.63, 3.8) is 0 Å². The summed E-state index contributed by atoms with van der Waals surface area (Å²) in [6.45, 7) is 10.1. The third-order valence-corrected chi connectivity index (χ3v) is 6.10. The number of nitrogens with one attached hydrogen (secondary N) is 1. The van der Waals surface area contributed by atoms with Crippen LogP contribution in [0.25, 0.3) is 5.69 Å².